The molecule has 0 fully saturated rings. The van der Waals surface area contributed by atoms with Crippen molar-refractivity contribution in [1.29, 1.82) is 0 Å². The second-order valence-corrected chi connectivity index (χ2v) is 9.93. The van der Waals surface area contributed by atoms with Crippen LogP contribution in [0.1, 0.15) is 130 Å². The molecular weight excluding hydrogens is 472 g/mol. The number of nitrogens with one attached hydrogen (secondary N) is 1. The zero-order valence-corrected chi connectivity index (χ0v) is 24.3. The van der Waals surface area contributed by atoms with Crippen LogP contribution in [0.5, 0.6) is 0 Å². The highest BCUT2D eigenvalue weighted by molar-refractivity contribution is 5.90. The fourth-order valence-corrected chi connectivity index (χ4v) is 4.11. The molecule has 218 valence electrons. The third-order valence-electron chi connectivity index (χ3n) is 6.47. The van der Waals surface area contributed by atoms with E-state index in [1.807, 2.05) is 6.92 Å². The number of rotatable bonds is 24. The maximum atomic E-state index is 12.0. The summed E-state index contributed by atoms with van der Waals surface area (Å²) in [4.78, 5) is 36.5. The van der Waals surface area contributed by atoms with Crippen LogP contribution in [0, 0.1) is 0 Å². The van der Waals surface area contributed by atoms with Crippen LogP contribution < -0.4 is 5.32 Å². The average Bonchev–Trinajstić information content (AvgIpc) is 2.88. The van der Waals surface area contributed by atoms with Crippen LogP contribution in [-0.2, 0) is 19.0 Å². The van der Waals surface area contributed by atoms with Crippen LogP contribution in [0.25, 0.3) is 0 Å². The second-order valence-electron chi connectivity index (χ2n) is 9.93. The highest BCUT2D eigenvalue weighted by atomic mass is 16.6. The van der Waals surface area contributed by atoms with Gasteiger partial charge in [-0.05, 0) is 12.8 Å². The molecule has 0 heterocycles. The molecule has 0 aromatic rings. The summed E-state index contributed by atoms with van der Waals surface area (Å²) in [5.41, 5.74) is 0. The van der Waals surface area contributed by atoms with Gasteiger partial charge < -0.3 is 19.5 Å². The van der Waals surface area contributed by atoms with Gasteiger partial charge in [0, 0.05) is 27.1 Å². The number of carbonyl (C=O) groups excluding carboxylic acids is 3. The predicted molar refractivity (Wildman–Crippen MR) is 149 cm³/mol. The number of alkyl carbamates (subject to hydrolysis) is 1. The standard InChI is InChI=1S/C29H56N2O6/c1-5-7-8-9-10-11-12-13-14-15-16-17-18-19-20-21-22-30-28(33)36-24-27(35-4)25-37-29(34)31(23-6-2)26(3)32/h27H,5-25H2,1-4H3,(H,30,33). The molecule has 8 heteroatoms. The lowest BCUT2D eigenvalue weighted by Gasteiger charge is -2.20. The van der Waals surface area contributed by atoms with Crippen molar-refractivity contribution in [1.82, 2.24) is 10.2 Å². The van der Waals surface area contributed by atoms with E-state index < -0.39 is 18.3 Å². The van der Waals surface area contributed by atoms with E-state index in [0.717, 1.165) is 17.7 Å². The first-order valence-electron chi connectivity index (χ1n) is 14.8. The van der Waals surface area contributed by atoms with Gasteiger partial charge in [-0.1, -0.05) is 110 Å². The van der Waals surface area contributed by atoms with Gasteiger partial charge in [0.05, 0.1) is 0 Å². The zero-order chi connectivity index (χ0) is 27.6. The van der Waals surface area contributed by atoms with Gasteiger partial charge >= 0.3 is 12.2 Å². The number of carbonyl (C=O) groups is 3. The van der Waals surface area contributed by atoms with E-state index in [4.69, 9.17) is 14.2 Å². The molecular formula is C29H56N2O6. The Morgan fingerprint density at radius 1 is 0.676 bits per heavy atom. The van der Waals surface area contributed by atoms with Crippen molar-refractivity contribution in [2.24, 2.45) is 0 Å². The van der Waals surface area contributed by atoms with Gasteiger partial charge in [-0.3, -0.25) is 4.79 Å². The molecule has 0 saturated heterocycles. The molecule has 0 radical (unpaired) electrons. The Morgan fingerprint density at radius 3 is 1.57 bits per heavy atom. The van der Waals surface area contributed by atoms with Crippen LogP contribution in [0.2, 0.25) is 0 Å². The fourth-order valence-electron chi connectivity index (χ4n) is 4.11. The van der Waals surface area contributed by atoms with Gasteiger partial charge in [-0.25, -0.2) is 14.5 Å². The minimum Gasteiger partial charge on any atom is -0.447 e. The largest absolute Gasteiger partial charge is 0.447 e. The molecule has 37 heavy (non-hydrogen) atoms. The molecule has 0 aliphatic carbocycles. The summed E-state index contributed by atoms with van der Waals surface area (Å²) in [7, 11) is 1.45. The first kappa shape index (κ1) is 35.2. The van der Waals surface area contributed by atoms with Gasteiger partial charge in [-0.2, -0.15) is 0 Å². The van der Waals surface area contributed by atoms with Crippen LogP contribution in [0.15, 0.2) is 0 Å². The Morgan fingerprint density at radius 2 is 1.14 bits per heavy atom. The molecule has 0 bridgehead atoms. The number of hydrogen-bond acceptors (Lipinski definition) is 6. The highest BCUT2D eigenvalue weighted by Crippen LogP contribution is 2.13. The van der Waals surface area contributed by atoms with Crippen molar-refractivity contribution in [3.8, 4) is 0 Å². The van der Waals surface area contributed by atoms with Crippen molar-refractivity contribution in [2.75, 3.05) is 33.4 Å². The van der Waals surface area contributed by atoms with Crippen molar-refractivity contribution in [3.63, 3.8) is 0 Å². The van der Waals surface area contributed by atoms with Crippen molar-refractivity contribution < 1.29 is 28.6 Å². The molecule has 1 unspecified atom stereocenters. The SMILES string of the molecule is CCCCCCCCCCCCCCCCCCNC(=O)OCC(COC(=O)N(CCC)C(C)=O)OC. The molecule has 0 spiro atoms. The number of nitrogens with zero attached hydrogens (tertiary/aromatic N) is 1. The second kappa shape index (κ2) is 25.8. The molecule has 3 amide bonds. The summed E-state index contributed by atoms with van der Waals surface area (Å²) in [6.07, 6.45) is 19.8. The highest BCUT2D eigenvalue weighted by Gasteiger charge is 2.21. The van der Waals surface area contributed by atoms with E-state index in [-0.39, 0.29) is 19.1 Å². The number of hydrogen-bond donors (Lipinski definition) is 1. The van der Waals surface area contributed by atoms with Gasteiger partial charge in [0.1, 0.15) is 19.3 Å². The topological polar surface area (TPSA) is 94.2 Å². The molecule has 0 aromatic carbocycles. The number of imide groups is 1. The fraction of sp³-hybridized carbons (Fsp3) is 0.897. The monoisotopic (exact) mass is 528 g/mol. The molecule has 0 rings (SSSR count). The zero-order valence-electron chi connectivity index (χ0n) is 24.3. The Kier molecular flexibility index (Phi) is 24.5. The van der Waals surface area contributed by atoms with E-state index in [1.54, 1.807) is 0 Å². The van der Waals surface area contributed by atoms with Crippen LogP contribution in [0.4, 0.5) is 9.59 Å². The number of methoxy groups -OCH3 is 1. The molecule has 0 aromatic heterocycles. The van der Waals surface area contributed by atoms with E-state index in [2.05, 4.69) is 12.2 Å². The van der Waals surface area contributed by atoms with Gasteiger partial charge in [0.25, 0.3) is 0 Å². The third kappa shape index (κ3) is 21.9. The minimum atomic E-state index is -0.718. The number of unbranched alkanes of at least 4 members (excludes halogenated alkanes) is 15. The van der Waals surface area contributed by atoms with E-state index >= 15 is 0 Å². The summed E-state index contributed by atoms with van der Waals surface area (Å²) in [5.74, 6) is -0.370. The molecule has 1 atom stereocenters. The lowest BCUT2D eigenvalue weighted by molar-refractivity contribution is -0.127. The smallest absolute Gasteiger partial charge is 0.416 e. The Hall–Kier alpha value is -1.83. The summed E-state index contributed by atoms with van der Waals surface area (Å²) in [6, 6.07) is 0. The third-order valence-corrected chi connectivity index (χ3v) is 6.47. The Balaban J connectivity index is 3.60. The number of amides is 3. The van der Waals surface area contributed by atoms with Crippen LogP contribution >= 0.6 is 0 Å². The van der Waals surface area contributed by atoms with Gasteiger partial charge in [0.15, 0.2) is 0 Å². The minimum absolute atomic E-state index is 0.0393. The van der Waals surface area contributed by atoms with Crippen molar-refractivity contribution in [3.05, 3.63) is 0 Å². The van der Waals surface area contributed by atoms with E-state index in [9.17, 15) is 14.4 Å². The summed E-state index contributed by atoms with van der Waals surface area (Å²) >= 11 is 0. The van der Waals surface area contributed by atoms with E-state index in [1.165, 1.54) is 104 Å². The van der Waals surface area contributed by atoms with Crippen LogP contribution in [0.3, 0.4) is 0 Å². The lowest BCUT2D eigenvalue weighted by atomic mass is 10.0. The van der Waals surface area contributed by atoms with Crippen LogP contribution in [-0.4, -0.2) is 62.5 Å². The Bertz CT molecular complexity index is 573. The normalized spacial score (nSPS) is 11.7. The summed E-state index contributed by atoms with van der Waals surface area (Å²) < 4.78 is 15.5. The molecule has 0 aliphatic heterocycles. The summed E-state index contributed by atoms with van der Waals surface area (Å²) in [6.45, 7) is 6.19. The van der Waals surface area contributed by atoms with Gasteiger partial charge in [0.2, 0.25) is 5.91 Å². The quantitative estimate of drug-likeness (QED) is 0.131. The molecule has 8 nitrogen and oxygen atoms in total. The number of ether oxygens (including phenoxy) is 3. The maximum absolute atomic E-state index is 12.0. The predicted octanol–water partition coefficient (Wildman–Crippen LogP) is 7.38. The first-order chi connectivity index (χ1) is 18.0. The maximum Gasteiger partial charge on any atom is 0.416 e. The molecule has 1 N–H and O–H groups in total. The van der Waals surface area contributed by atoms with Gasteiger partial charge in [-0.15, -0.1) is 0 Å². The van der Waals surface area contributed by atoms with Crippen molar-refractivity contribution in [2.45, 2.75) is 136 Å². The Labute approximate surface area is 226 Å². The van der Waals surface area contributed by atoms with Crippen molar-refractivity contribution >= 4 is 18.1 Å². The molecule has 0 saturated carbocycles. The molecule has 0 aliphatic rings. The van der Waals surface area contributed by atoms with E-state index in [0.29, 0.717) is 19.5 Å². The average molecular weight is 529 g/mol. The lowest BCUT2D eigenvalue weighted by Crippen LogP contribution is -2.38. The summed E-state index contributed by atoms with van der Waals surface area (Å²) in [5, 5.41) is 2.75. The first-order valence-corrected chi connectivity index (χ1v) is 14.8.